The summed E-state index contributed by atoms with van der Waals surface area (Å²) >= 11 is 0. The summed E-state index contributed by atoms with van der Waals surface area (Å²) in [7, 11) is 0. The number of nitrogens with zero attached hydrogens (tertiary/aromatic N) is 3. The molecule has 0 radical (unpaired) electrons. The molecule has 0 saturated heterocycles. The van der Waals surface area contributed by atoms with Crippen molar-refractivity contribution in [3.05, 3.63) is 35.4 Å². The van der Waals surface area contributed by atoms with Crippen LogP contribution in [-0.2, 0) is 4.79 Å². The van der Waals surface area contributed by atoms with E-state index in [9.17, 15) is 10.1 Å². The molecule has 0 bridgehead atoms. The third kappa shape index (κ3) is 4.67. The molecule has 21 heavy (non-hydrogen) atoms. The molecule has 0 spiro atoms. The Labute approximate surface area is 124 Å². The van der Waals surface area contributed by atoms with Gasteiger partial charge in [-0.15, -0.1) is 0 Å². The Hall–Kier alpha value is -2.79. The second kappa shape index (κ2) is 7.72. The second-order valence-electron chi connectivity index (χ2n) is 4.63. The van der Waals surface area contributed by atoms with Crippen LogP contribution >= 0.6 is 0 Å². The number of nitriles is 2. The fourth-order valence-electron chi connectivity index (χ4n) is 1.96. The first-order valence-electron chi connectivity index (χ1n) is 6.61. The molecule has 1 aromatic carbocycles. The van der Waals surface area contributed by atoms with Gasteiger partial charge < -0.3 is 10.0 Å². The number of hydrogen-bond acceptors (Lipinski definition) is 4. The molecular weight excluding hydrogens is 266 g/mol. The highest BCUT2D eigenvalue weighted by Gasteiger charge is 2.13. The number of hydrogen-bond donors (Lipinski definition) is 1. The summed E-state index contributed by atoms with van der Waals surface area (Å²) in [5, 5.41) is 26.8. The fraction of sp³-hybridized carbons (Fsp3) is 0.312. The van der Waals surface area contributed by atoms with Crippen LogP contribution in [0.3, 0.4) is 0 Å². The van der Waals surface area contributed by atoms with Crippen LogP contribution in [0.1, 0.15) is 25.0 Å². The van der Waals surface area contributed by atoms with Crippen LogP contribution in [-0.4, -0.2) is 24.2 Å². The van der Waals surface area contributed by atoms with Crippen LogP contribution in [0.4, 0.5) is 5.69 Å². The molecule has 1 atom stereocenters. The molecule has 1 rings (SSSR count). The van der Waals surface area contributed by atoms with Gasteiger partial charge in [-0.1, -0.05) is 6.07 Å². The van der Waals surface area contributed by atoms with E-state index < -0.39 is 5.97 Å². The first kappa shape index (κ1) is 16.3. The molecular formula is C16H17N3O2. The lowest BCUT2D eigenvalue weighted by molar-refractivity contribution is -0.131. The normalized spacial score (nSPS) is 11.6. The van der Waals surface area contributed by atoms with Crippen molar-refractivity contribution < 1.29 is 9.90 Å². The topological polar surface area (TPSA) is 88.1 Å². The van der Waals surface area contributed by atoms with Crippen LogP contribution in [0, 0.1) is 28.6 Å². The molecule has 0 aromatic heterocycles. The van der Waals surface area contributed by atoms with Crippen molar-refractivity contribution in [1.82, 2.24) is 0 Å². The highest BCUT2D eigenvalue weighted by Crippen LogP contribution is 2.23. The molecule has 5 nitrogen and oxygen atoms in total. The third-order valence-electron chi connectivity index (χ3n) is 3.00. The van der Waals surface area contributed by atoms with Crippen LogP contribution in [0.15, 0.2) is 24.3 Å². The number of anilines is 1. The van der Waals surface area contributed by atoms with Crippen molar-refractivity contribution in [2.75, 3.05) is 18.0 Å². The van der Waals surface area contributed by atoms with Crippen LogP contribution in [0.2, 0.25) is 0 Å². The van der Waals surface area contributed by atoms with Crippen LogP contribution in [0.5, 0.6) is 0 Å². The Morgan fingerprint density at radius 3 is 2.71 bits per heavy atom. The van der Waals surface area contributed by atoms with E-state index in [-0.39, 0.29) is 5.92 Å². The van der Waals surface area contributed by atoms with E-state index in [4.69, 9.17) is 10.4 Å². The Morgan fingerprint density at radius 1 is 1.48 bits per heavy atom. The highest BCUT2D eigenvalue weighted by atomic mass is 16.4. The van der Waals surface area contributed by atoms with Gasteiger partial charge in [0.25, 0.3) is 0 Å². The Kier molecular flexibility index (Phi) is 5.98. The van der Waals surface area contributed by atoms with Gasteiger partial charge in [0.15, 0.2) is 0 Å². The summed E-state index contributed by atoms with van der Waals surface area (Å²) in [6.45, 7) is 5.03. The van der Waals surface area contributed by atoms with Gasteiger partial charge in [-0.05, 0) is 37.6 Å². The van der Waals surface area contributed by atoms with E-state index in [0.717, 1.165) is 11.8 Å². The minimum atomic E-state index is -1.03. The quantitative estimate of drug-likeness (QED) is 0.811. The standard InChI is InChI=1S/C16H17N3O2/c1-3-19(11-12(2)9-17)15-6-4-13(5-7-16(20)21)8-14(15)10-18/h4-8,12H,3,11H2,1-2H3,(H,20,21)/b7-5+. The summed E-state index contributed by atoms with van der Waals surface area (Å²) < 4.78 is 0. The summed E-state index contributed by atoms with van der Waals surface area (Å²) in [5.74, 6) is -1.17. The molecule has 0 fully saturated rings. The van der Waals surface area contributed by atoms with Crippen molar-refractivity contribution in [3.8, 4) is 12.1 Å². The zero-order valence-electron chi connectivity index (χ0n) is 12.1. The van der Waals surface area contributed by atoms with Crippen molar-refractivity contribution in [2.24, 2.45) is 5.92 Å². The smallest absolute Gasteiger partial charge is 0.328 e. The summed E-state index contributed by atoms with van der Waals surface area (Å²) in [5.41, 5.74) is 1.88. The lowest BCUT2D eigenvalue weighted by Gasteiger charge is -2.25. The number of carboxylic acid groups (broad SMARTS) is 1. The molecule has 0 aliphatic carbocycles. The van der Waals surface area contributed by atoms with E-state index in [0.29, 0.717) is 24.2 Å². The number of aliphatic carboxylic acids is 1. The molecule has 1 unspecified atom stereocenters. The summed E-state index contributed by atoms with van der Waals surface area (Å²) in [6.07, 6.45) is 2.48. The molecule has 108 valence electrons. The first-order valence-corrected chi connectivity index (χ1v) is 6.61. The number of benzene rings is 1. The maximum atomic E-state index is 10.5. The van der Waals surface area contributed by atoms with E-state index >= 15 is 0 Å². The SMILES string of the molecule is CCN(CC(C)C#N)c1ccc(/C=C/C(=O)O)cc1C#N. The lowest BCUT2D eigenvalue weighted by Crippen LogP contribution is -2.28. The predicted molar refractivity (Wildman–Crippen MR) is 80.5 cm³/mol. The van der Waals surface area contributed by atoms with Gasteiger partial charge in [0.05, 0.1) is 23.2 Å². The Balaban J connectivity index is 3.11. The van der Waals surface area contributed by atoms with Gasteiger partial charge in [0.2, 0.25) is 0 Å². The summed E-state index contributed by atoms with van der Waals surface area (Å²) in [6, 6.07) is 9.50. The van der Waals surface area contributed by atoms with E-state index in [1.807, 2.05) is 18.7 Å². The molecule has 0 aliphatic heterocycles. The number of rotatable bonds is 6. The van der Waals surface area contributed by atoms with E-state index in [1.165, 1.54) is 6.08 Å². The molecule has 5 heteroatoms. The number of carbonyl (C=O) groups is 1. The third-order valence-corrected chi connectivity index (χ3v) is 3.00. The average Bonchev–Trinajstić information content (AvgIpc) is 2.50. The zero-order valence-corrected chi connectivity index (χ0v) is 12.1. The van der Waals surface area contributed by atoms with E-state index in [1.54, 1.807) is 18.2 Å². The van der Waals surface area contributed by atoms with Crippen molar-refractivity contribution in [3.63, 3.8) is 0 Å². The Bertz CT molecular complexity index is 623. The molecule has 1 aromatic rings. The van der Waals surface area contributed by atoms with Crippen molar-refractivity contribution >= 4 is 17.7 Å². The Morgan fingerprint density at radius 2 is 2.19 bits per heavy atom. The molecule has 0 heterocycles. The summed E-state index contributed by atoms with van der Waals surface area (Å²) in [4.78, 5) is 12.5. The molecule has 0 saturated carbocycles. The first-order chi connectivity index (χ1) is 10.0. The van der Waals surface area contributed by atoms with Crippen LogP contribution < -0.4 is 4.90 Å². The van der Waals surface area contributed by atoms with Gasteiger partial charge in [-0.25, -0.2) is 4.79 Å². The van der Waals surface area contributed by atoms with E-state index in [2.05, 4.69) is 12.1 Å². The molecule has 0 amide bonds. The maximum Gasteiger partial charge on any atom is 0.328 e. The van der Waals surface area contributed by atoms with Gasteiger partial charge in [0, 0.05) is 19.2 Å². The zero-order chi connectivity index (χ0) is 15.8. The fourth-order valence-corrected chi connectivity index (χ4v) is 1.96. The second-order valence-corrected chi connectivity index (χ2v) is 4.63. The van der Waals surface area contributed by atoms with Gasteiger partial charge in [-0.3, -0.25) is 0 Å². The monoisotopic (exact) mass is 283 g/mol. The van der Waals surface area contributed by atoms with Crippen LogP contribution in [0.25, 0.3) is 6.08 Å². The predicted octanol–water partition coefficient (Wildman–Crippen LogP) is 2.64. The van der Waals surface area contributed by atoms with Gasteiger partial charge >= 0.3 is 5.97 Å². The largest absolute Gasteiger partial charge is 0.478 e. The number of carboxylic acids is 1. The van der Waals surface area contributed by atoms with Gasteiger partial charge in [0.1, 0.15) is 6.07 Å². The molecule has 1 N–H and O–H groups in total. The minimum absolute atomic E-state index is 0.136. The average molecular weight is 283 g/mol. The highest BCUT2D eigenvalue weighted by molar-refractivity contribution is 5.85. The van der Waals surface area contributed by atoms with Crippen molar-refractivity contribution in [1.29, 1.82) is 10.5 Å². The molecule has 0 aliphatic rings. The maximum absolute atomic E-state index is 10.5. The minimum Gasteiger partial charge on any atom is -0.478 e. The van der Waals surface area contributed by atoms with Crippen molar-refractivity contribution in [2.45, 2.75) is 13.8 Å². The van der Waals surface area contributed by atoms with Gasteiger partial charge in [-0.2, -0.15) is 10.5 Å². The lowest BCUT2D eigenvalue weighted by atomic mass is 10.1.